The predicted octanol–water partition coefficient (Wildman–Crippen LogP) is -8.10. The highest BCUT2D eigenvalue weighted by Gasteiger charge is 2.36. The minimum absolute atomic E-state index is 0.00760. The molecule has 0 bridgehead atoms. The number of rotatable bonds is 20. The molecule has 68 heavy (non-hydrogen) atoms. The molecule has 1 fully saturated rings. The van der Waals surface area contributed by atoms with E-state index in [9.17, 15) is 63.0 Å². The van der Waals surface area contributed by atoms with Gasteiger partial charge < -0.3 is 86.7 Å². The summed E-state index contributed by atoms with van der Waals surface area (Å²) in [5, 5.41) is 40.9. The number of guanidine groups is 1. The summed E-state index contributed by atoms with van der Waals surface area (Å²) in [5.41, 5.74) is 27.5. The number of unbranched alkanes of at least 4 members (excludes halogenated alkanes) is 2. The molecule has 30 heteroatoms. The van der Waals surface area contributed by atoms with E-state index in [4.69, 9.17) is 28.7 Å². The van der Waals surface area contributed by atoms with Crippen LogP contribution in [0.4, 0.5) is 0 Å². The molecule has 9 atom stereocenters. The molecular formula is C38H67N15O13S2. The second-order valence-corrected chi connectivity index (χ2v) is 16.3. The number of carboxylic acids is 1. The SMILES string of the molecule is C[C@@H]1NC(=O)[C@H](CS)NC(=O)C[C@@H](C(=O)N[C@@H](CS)C(=O)O)NC(=O)[C@H](CCCCN)NC(=O)[C@H](CC(N)=O)NC(=O)[C@H](CCCCN)NC(=O)[C@H](CO)NC(=O)[C@H](CCCN=C(N)N)NC1=O. The summed E-state index contributed by atoms with van der Waals surface area (Å²) >= 11 is 8.05. The first-order valence-electron chi connectivity index (χ1n) is 21.6. The fourth-order valence-electron chi connectivity index (χ4n) is 6.24. The third kappa shape index (κ3) is 22.2. The van der Waals surface area contributed by atoms with Gasteiger partial charge in [0.05, 0.1) is 19.4 Å². The number of hydrogen-bond donors (Lipinski definition) is 18. The zero-order chi connectivity index (χ0) is 51.5. The highest BCUT2D eigenvalue weighted by molar-refractivity contribution is 7.80. The van der Waals surface area contributed by atoms with Crippen molar-refractivity contribution < 1.29 is 63.0 Å². The predicted molar refractivity (Wildman–Crippen MR) is 250 cm³/mol. The van der Waals surface area contributed by atoms with E-state index in [1.165, 1.54) is 6.92 Å². The number of nitrogens with one attached hydrogen (secondary N) is 9. The standard InChI is InChI=1S/C38H67N15O13S2/c1-18-29(57)47-21(9-6-12-44-38(42)43)32(60)52-24(15-54)35(63)49-20(8-3-5-11-40)30(58)50-22(13-27(41)55)33(61)48-19(7-2-4-10-39)31(59)51-23(34(62)53-26(17-68)37(65)66)14-28(56)46-25(16-67)36(64)45-18/h18-26,54,67-68H,2-17,39-40H2,1H3,(H2,41,55)(H,45,64)(H,46,56)(H,47,57)(H,48,61)(H,49,63)(H,50,58)(H,51,59)(H,52,60)(H,53,62)(H,65,66)(H4,42,43,44)/t18-,19-,20-,21-,22-,23-,24-,25-,26-/m0/s1. The van der Waals surface area contributed by atoms with Crippen LogP contribution in [0.15, 0.2) is 4.99 Å². The van der Waals surface area contributed by atoms with Gasteiger partial charge in [0, 0.05) is 18.1 Å². The number of carbonyl (C=O) groups excluding carboxylic acids is 10. The summed E-state index contributed by atoms with van der Waals surface area (Å²) in [4.78, 5) is 151. The van der Waals surface area contributed by atoms with Gasteiger partial charge in [-0.05, 0) is 71.4 Å². The Morgan fingerprint density at radius 3 is 1.57 bits per heavy atom. The Morgan fingerprint density at radius 1 is 0.647 bits per heavy atom. The van der Waals surface area contributed by atoms with E-state index < -0.39 is 145 Å². The first-order chi connectivity index (χ1) is 32.1. The molecule has 28 nitrogen and oxygen atoms in total. The van der Waals surface area contributed by atoms with Gasteiger partial charge in [0.2, 0.25) is 59.1 Å². The lowest BCUT2D eigenvalue weighted by Crippen LogP contribution is -2.61. The summed E-state index contributed by atoms with van der Waals surface area (Å²) in [6.45, 7) is 0.529. The molecule has 21 N–H and O–H groups in total. The van der Waals surface area contributed by atoms with Gasteiger partial charge in [-0.1, -0.05) is 0 Å². The second kappa shape index (κ2) is 31.9. The lowest BCUT2D eigenvalue weighted by Gasteiger charge is -2.27. The van der Waals surface area contributed by atoms with Gasteiger partial charge >= 0.3 is 5.97 Å². The molecule has 0 aromatic heterocycles. The van der Waals surface area contributed by atoms with Crippen LogP contribution in [-0.4, -0.2) is 173 Å². The van der Waals surface area contributed by atoms with E-state index in [1.807, 2.05) is 0 Å². The van der Waals surface area contributed by atoms with Crippen molar-refractivity contribution in [3.8, 4) is 0 Å². The van der Waals surface area contributed by atoms with Crippen LogP contribution >= 0.6 is 25.3 Å². The van der Waals surface area contributed by atoms with E-state index in [2.05, 4.69) is 78.1 Å². The van der Waals surface area contributed by atoms with E-state index >= 15 is 0 Å². The first kappa shape index (κ1) is 60.0. The average molecular weight is 1010 g/mol. The number of carboxylic acid groups (broad SMARTS) is 1. The molecule has 0 unspecified atom stereocenters. The van der Waals surface area contributed by atoms with Gasteiger partial charge in [-0.3, -0.25) is 52.9 Å². The molecule has 384 valence electrons. The Kier molecular flexibility index (Phi) is 28.2. The van der Waals surface area contributed by atoms with Crippen molar-refractivity contribution in [1.82, 2.24) is 47.9 Å². The lowest BCUT2D eigenvalue weighted by atomic mass is 10.0. The minimum atomic E-state index is -1.88. The molecule has 1 saturated heterocycles. The molecule has 10 amide bonds. The second-order valence-electron chi connectivity index (χ2n) is 15.6. The van der Waals surface area contributed by atoms with E-state index in [1.54, 1.807) is 0 Å². The molecule has 1 aliphatic heterocycles. The van der Waals surface area contributed by atoms with Crippen molar-refractivity contribution in [1.29, 1.82) is 0 Å². The maximum absolute atomic E-state index is 14.0. The van der Waals surface area contributed by atoms with Gasteiger partial charge in [0.25, 0.3) is 0 Å². The summed E-state index contributed by atoms with van der Waals surface area (Å²) in [6.07, 6.45) is -1.04. The van der Waals surface area contributed by atoms with E-state index in [-0.39, 0.29) is 69.9 Å². The van der Waals surface area contributed by atoms with Crippen LogP contribution < -0.4 is 76.5 Å². The number of amides is 10. The Balaban J connectivity index is 3.94. The van der Waals surface area contributed by atoms with Crippen molar-refractivity contribution in [3.05, 3.63) is 0 Å². The zero-order valence-electron chi connectivity index (χ0n) is 37.6. The van der Waals surface area contributed by atoms with E-state index in [0.717, 1.165) is 0 Å². The third-order valence-electron chi connectivity index (χ3n) is 10.00. The molecule has 0 saturated carbocycles. The topological polar surface area (TPSA) is 479 Å². The number of nitrogens with zero attached hydrogens (tertiary/aromatic N) is 1. The average Bonchev–Trinajstić information content (AvgIpc) is 3.27. The quantitative estimate of drug-likeness (QED) is 0.0233. The maximum atomic E-state index is 14.0. The van der Waals surface area contributed by atoms with Gasteiger partial charge in [-0.2, -0.15) is 25.3 Å². The molecular weight excluding hydrogens is 939 g/mol. The Hall–Kier alpha value is -5.98. The minimum Gasteiger partial charge on any atom is -0.480 e. The van der Waals surface area contributed by atoms with Crippen LogP contribution in [0.5, 0.6) is 0 Å². The summed E-state index contributed by atoms with van der Waals surface area (Å²) < 4.78 is 0. The van der Waals surface area contributed by atoms with Crippen molar-refractivity contribution in [2.75, 3.05) is 37.7 Å². The number of aliphatic imine (C=N–C) groups is 1. The Bertz CT molecular complexity index is 1810. The van der Waals surface area contributed by atoms with Gasteiger partial charge in [0.1, 0.15) is 54.4 Å². The molecule has 1 rings (SSSR count). The van der Waals surface area contributed by atoms with Gasteiger partial charge in [-0.25, -0.2) is 4.79 Å². The Labute approximate surface area is 402 Å². The van der Waals surface area contributed by atoms with Crippen LogP contribution in [0, 0.1) is 0 Å². The number of aliphatic carboxylic acids is 1. The van der Waals surface area contributed by atoms with Gasteiger partial charge in [-0.15, -0.1) is 0 Å². The molecule has 0 radical (unpaired) electrons. The summed E-state index contributed by atoms with van der Waals surface area (Å²) in [7, 11) is 0. The largest absolute Gasteiger partial charge is 0.480 e. The number of hydrogen-bond acceptors (Lipinski definition) is 17. The van der Waals surface area contributed by atoms with E-state index in [0.29, 0.717) is 12.8 Å². The third-order valence-corrected chi connectivity index (χ3v) is 10.7. The highest BCUT2D eigenvalue weighted by Crippen LogP contribution is 2.09. The molecule has 0 spiro atoms. The van der Waals surface area contributed by atoms with Crippen LogP contribution in [0.2, 0.25) is 0 Å². The fourth-order valence-corrected chi connectivity index (χ4v) is 6.74. The first-order valence-corrected chi connectivity index (χ1v) is 22.9. The molecule has 0 aromatic carbocycles. The maximum Gasteiger partial charge on any atom is 0.327 e. The normalized spacial score (nSPS) is 24.6. The summed E-state index contributed by atoms with van der Waals surface area (Å²) in [6, 6.07) is -14.5. The number of carbonyl (C=O) groups is 11. The smallest absolute Gasteiger partial charge is 0.327 e. The summed E-state index contributed by atoms with van der Waals surface area (Å²) in [5.74, 6) is -13.2. The molecule has 0 aromatic rings. The highest BCUT2D eigenvalue weighted by atomic mass is 32.1. The monoisotopic (exact) mass is 1010 g/mol. The van der Waals surface area contributed by atoms with Gasteiger partial charge in [0.15, 0.2) is 5.96 Å². The lowest BCUT2D eigenvalue weighted by molar-refractivity contribution is -0.142. The van der Waals surface area contributed by atoms with Crippen molar-refractivity contribution in [3.63, 3.8) is 0 Å². The van der Waals surface area contributed by atoms with Crippen LogP contribution in [-0.2, 0) is 52.7 Å². The number of thiol groups is 2. The number of nitrogens with two attached hydrogens (primary N) is 5. The fraction of sp³-hybridized carbons (Fsp3) is 0.684. The van der Waals surface area contributed by atoms with Crippen molar-refractivity contribution in [2.24, 2.45) is 33.7 Å². The van der Waals surface area contributed by atoms with Crippen molar-refractivity contribution in [2.45, 2.75) is 126 Å². The molecule has 1 heterocycles. The number of primary amides is 1. The Morgan fingerprint density at radius 2 is 1.10 bits per heavy atom. The molecule has 1 aliphatic rings. The van der Waals surface area contributed by atoms with Crippen LogP contribution in [0.3, 0.4) is 0 Å². The number of aliphatic hydroxyl groups excluding tert-OH is 1. The zero-order valence-corrected chi connectivity index (χ0v) is 39.4. The van der Waals surface area contributed by atoms with Crippen LogP contribution in [0.25, 0.3) is 0 Å². The number of aliphatic hydroxyl groups is 1. The van der Waals surface area contributed by atoms with Crippen LogP contribution in [0.1, 0.15) is 71.1 Å². The van der Waals surface area contributed by atoms with Crippen molar-refractivity contribution >= 4 is 96.3 Å². The molecule has 0 aliphatic carbocycles.